The van der Waals surface area contributed by atoms with Crippen LogP contribution in [0.1, 0.15) is 49.9 Å². The Bertz CT molecular complexity index is 477. The maximum absolute atomic E-state index is 11.1. The first kappa shape index (κ1) is 15.2. The third-order valence-corrected chi connectivity index (χ3v) is 4.38. The largest absolute Gasteiger partial charge is 0.375 e. The van der Waals surface area contributed by atoms with E-state index in [-0.39, 0.29) is 16.8 Å². The summed E-state index contributed by atoms with van der Waals surface area (Å²) in [6, 6.07) is 0.230. The monoisotopic (exact) mass is 297 g/mol. The van der Waals surface area contributed by atoms with E-state index in [9.17, 15) is 4.79 Å². The molecule has 6 heteroatoms. The number of rotatable bonds is 5. The molecule has 1 N–H and O–H groups in total. The number of aldehydes is 1. The summed E-state index contributed by atoms with van der Waals surface area (Å²) < 4.78 is 5.94. The Morgan fingerprint density at radius 2 is 2.25 bits per heavy atom. The van der Waals surface area contributed by atoms with Crippen molar-refractivity contribution in [2.24, 2.45) is 0 Å². The van der Waals surface area contributed by atoms with Crippen LogP contribution in [-0.4, -0.2) is 34.5 Å². The number of hydrogen-bond acceptors (Lipinski definition) is 5. The van der Waals surface area contributed by atoms with Gasteiger partial charge in [0, 0.05) is 12.6 Å². The Morgan fingerprint density at radius 1 is 1.50 bits per heavy atom. The summed E-state index contributed by atoms with van der Waals surface area (Å²) in [5, 5.41) is 3.50. The lowest BCUT2D eigenvalue weighted by Crippen LogP contribution is -2.43. The standard InChI is InChI=1S/C14H20ClN3O2/c1-3-14(4-2)7-10(5-6-20-14)18-13-11(8-19)12(15)16-9-17-13/h8-10H,3-7H2,1-2H3,(H,16,17,18). The quantitative estimate of drug-likeness (QED) is 0.668. The first-order valence-corrected chi connectivity index (χ1v) is 7.38. The number of carbonyl (C=O) groups excluding carboxylic acids is 1. The van der Waals surface area contributed by atoms with Gasteiger partial charge < -0.3 is 10.1 Å². The average Bonchev–Trinajstić information content (AvgIpc) is 2.48. The van der Waals surface area contributed by atoms with E-state index in [0.717, 1.165) is 25.7 Å². The van der Waals surface area contributed by atoms with Gasteiger partial charge in [0.05, 0.1) is 11.2 Å². The fourth-order valence-corrected chi connectivity index (χ4v) is 2.86. The number of nitrogens with zero attached hydrogens (tertiary/aromatic N) is 2. The van der Waals surface area contributed by atoms with Gasteiger partial charge in [-0.2, -0.15) is 0 Å². The number of halogens is 1. The molecule has 110 valence electrons. The first-order valence-electron chi connectivity index (χ1n) is 7.00. The Balaban J connectivity index is 2.14. The van der Waals surface area contributed by atoms with Gasteiger partial charge in [-0.05, 0) is 25.7 Å². The molecule has 0 bridgehead atoms. The van der Waals surface area contributed by atoms with E-state index in [0.29, 0.717) is 24.3 Å². The second-order valence-electron chi connectivity index (χ2n) is 5.12. The number of hydrogen-bond donors (Lipinski definition) is 1. The van der Waals surface area contributed by atoms with E-state index < -0.39 is 0 Å². The smallest absolute Gasteiger partial charge is 0.156 e. The number of aromatic nitrogens is 2. The van der Waals surface area contributed by atoms with Crippen molar-refractivity contribution >= 4 is 23.7 Å². The second kappa shape index (κ2) is 6.50. The number of nitrogens with one attached hydrogen (secondary N) is 1. The van der Waals surface area contributed by atoms with E-state index in [4.69, 9.17) is 16.3 Å². The molecule has 0 saturated carbocycles. The molecule has 0 spiro atoms. The third-order valence-electron chi connectivity index (χ3n) is 4.08. The number of ether oxygens (including phenoxy) is 1. The maximum Gasteiger partial charge on any atom is 0.156 e. The van der Waals surface area contributed by atoms with Gasteiger partial charge in [-0.15, -0.1) is 0 Å². The minimum Gasteiger partial charge on any atom is -0.375 e. The van der Waals surface area contributed by atoms with Crippen molar-refractivity contribution in [3.63, 3.8) is 0 Å². The van der Waals surface area contributed by atoms with Crippen molar-refractivity contribution in [1.29, 1.82) is 0 Å². The zero-order valence-corrected chi connectivity index (χ0v) is 12.6. The highest BCUT2D eigenvalue weighted by molar-refractivity contribution is 6.32. The molecule has 1 aliphatic heterocycles. The molecule has 2 heterocycles. The van der Waals surface area contributed by atoms with Crippen LogP contribution >= 0.6 is 11.6 Å². The first-order chi connectivity index (χ1) is 9.64. The van der Waals surface area contributed by atoms with E-state index >= 15 is 0 Å². The van der Waals surface area contributed by atoms with Gasteiger partial charge in [0.2, 0.25) is 0 Å². The second-order valence-corrected chi connectivity index (χ2v) is 5.48. The summed E-state index contributed by atoms with van der Waals surface area (Å²) >= 11 is 5.91. The van der Waals surface area contributed by atoms with Crippen LogP contribution in [0, 0.1) is 0 Å². The normalized spacial score (nSPS) is 21.4. The summed E-state index contributed by atoms with van der Waals surface area (Å²) in [6.07, 6.45) is 5.81. The van der Waals surface area contributed by atoms with Crippen molar-refractivity contribution in [2.75, 3.05) is 11.9 Å². The maximum atomic E-state index is 11.1. The molecule has 0 radical (unpaired) electrons. The fraction of sp³-hybridized carbons (Fsp3) is 0.643. The molecule has 0 amide bonds. The minimum atomic E-state index is -0.0753. The van der Waals surface area contributed by atoms with Crippen molar-refractivity contribution in [2.45, 2.75) is 51.2 Å². The minimum absolute atomic E-state index is 0.0753. The van der Waals surface area contributed by atoms with E-state index in [1.165, 1.54) is 6.33 Å². The van der Waals surface area contributed by atoms with Gasteiger partial charge in [-0.3, -0.25) is 4.79 Å². The van der Waals surface area contributed by atoms with Gasteiger partial charge in [-0.1, -0.05) is 25.4 Å². The Labute approximate surface area is 124 Å². The van der Waals surface area contributed by atoms with Crippen LogP contribution in [0.2, 0.25) is 5.15 Å². The topological polar surface area (TPSA) is 64.1 Å². The van der Waals surface area contributed by atoms with Crippen LogP contribution in [0.5, 0.6) is 0 Å². The lowest BCUT2D eigenvalue weighted by molar-refractivity contribution is -0.0864. The number of anilines is 1. The molecular formula is C14H20ClN3O2. The fourth-order valence-electron chi connectivity index (χ4n) is 2.68. The Hall–Kier alpha value is -1.20. The van der Waals surface area contributed by atoms with E-state index in [1.807, 2.05) is 0 Å². The highest BCUT2D eigenvalue weighted by Crippen LogP contribution is 2.33. The zero-order chi connectivity index (χ0) is 14.6. The molecule has 1 aromatic heterocycles. The summed E-state index contributed by atoms with van der Waals surface area (Å²) in [6.45, 7) is 5.00. The van der Waals surface area contributed by atoms with E-state index in [2.05, 4.69) is 29.1 Å². The van der Waals surface area contributed by atoms with Crippen molar-refractivity contribution < 1.29 is 9.53 Å². The molecule has 5 nitrogen and oxygen atoms in total. The molecule has 0 aliphatic carbocycles. The SMILES string of the molecule is CCC1(CC)CC(Nc2ncnc(Cl)c2C=O)CCO1. The van der Waals surface area contributed by atoms with Gasteiger partial charge in [0.1, 0.15) is 17.3 Å². The predicted molar refractivity (Wildman–Crippen MR) is 78.3 cm³/mol. The molecule has 1 aliphatic rings. The molecule has 1 fully saturated rings. The molecule has 1 atom stereocenters. The molecular weight excluding hydrogens is 278 g/mol. The van der Waals surface area contributed by atoms with Gasteiger partial charge in [0.25, 0.3) is 0 Å². The third kappa shape index (κ3) is 3.10. The molecule has 2 rings (SSSR count). The molecule has 1 saturated heterocycles. The van der Waals surface area contributed by atoms with Crippen LogP contribution in [0.15, 0.2) is 6.33 Å². The summed E-state index contributed by atoms with van der Waals surface area (Å²) in [7, 11) is 0. The van der Waals surface area contributed by atoms with E-state index in [1.54, 1.807) is 0 Å². The predicted octanol–water partition coefficient (Wildman–Crippen LogP) is 3.09. The average molecular weight is 298 g/mol. The summed E-state index contributed by atoms with van der Waals surface area (Å²) in [5.41, 5.74) is 0.243. The van der Waals surface area contributed by atoms with Gasteiger partial charge >= 0.3 is 0 Å². The molecule has 0 aromatic carbocycles. The summed E-state index contributed by atoms with van der Waals surface area (Å²) in [5.74, 6) is 0.507. The van der Waals surface area contributed by atoms with Crippen LogP contribution < -0.4 is 5.32 Å². The lowest BCUT2D eigenvalue weighted by Gasteiger charge is -2.40. The highest BCUT2D eigenvalue weighted by Gasteiger charge is 2.34. The zero-order valence-electron chi connectivity index (χ0n) is 11.9. The molecule has 20 heavy (non-hydrogen) atoms. The summed E-state index contributed by atoms with van der Waals surface area (Å²) in [4.78, 5) is 19.0. The van der Waals surface area contributed by atoms with Crippen LogP contribution in [0.25, 0.3) is 0 Å². The molecule has 1 unspecified atom stereocenters. The van der Waals surface area contributed by atoms with Gasteiger partial charge in [-0.25, -0.2) is 9.97 Å². The Kier molecular flexibility index (Phi) is 4.94. The number of carbonyl (C=O) groups is 1. The lowest BCUT2D eigenvalue weighted by atomic mass is 9.86. The van der Waals surface area contributed by atoms with Crippen molar-refractivity contribution in [1.82, 2.24) is 9.97 Å². The van der Waals surface area contributed by atoms with Crippen LogP contribution in [0.4, 0.5) is 5.82 Å². The van der Waals surface area contributed by atoms with Crippen LogP contribution in [0.3, 0.4) is 0 Å². The van der Waals surface area contributed by atoms with Crippen LogP contribution in [-0.2, 0) is 4.74 Å². The highest BCUT2D eigenvalue weighted by atomic mass is 35.5. The molecule has 1 aromatic rings. The Morgan fingerprint density at radius 3 is 2.90 bits per heavy atom. The van der Waals surface area contributed by atoms with Gasteiger partial charge in [0.15, 0.2) is 6.29 Å². The van der Waals surface area contributed by atoms with Crippen molar-refractivity contribution in [3.8, 4) is 0 Å². The van der Waals surface area contributed by atoms with Crippen molar-refractivity contribution in [3.05, 3.63) is 17.0 Å².